The zero-order chi connectivity index (χ0) is 65.6. The van der Waals surface area contributed by atoms with Crippen LogP contribution in [0, 0.1) is 42.0 Å². The number of benzene rings is 1. The van der Waals surface area contributed by atoms with Crippen molar-refractivity contribution < 1.29 is 75.3 Å². The third-order valence-corrected chi connectivity index (χ3v) is 18.1. The lowest BCUT2D eigenvalue weighted by atomic mass is 10.2. The molecule has 1 aromatic carbocycles. The van der Waals surface area contributed by atoms with Gasteiger partial charge in [-0.2, -0.15) is 8.42 Å². The van der Waals surface area contributed by atoms with Crippen LogP contribution in [0.5, 0.6) is 0 Å². The largest absolute Gasteiger partial charge is 0.480 e. The first kappa shape index (κ1) is 69.7. The summed E-state index contributed by atoms with van der Waals surface area (Å²) in [7, 11) is -3.83. The van der Waals surface area contributed by atoms with Gasteiger partial charge in [0.25, 0.3) is 10.1 Å². The number of aliphatic hydroxyl groups excluding tert-OH is 1. The summed E-state index contributed by atoms with van der Waals surface area (Å²) < 4.78 is 56.7. The molecule has 26 heteroatoms. The number of hydrogen-bond donors (Lipinski definition) is 4. The highest BCUT2D eigenvalue weighted by Crippen LogP contribution is 2.52. The molecule has 5 saturated heterocycles. The molecule has 5 amide bonds. The van der Waals surface area contributed by atoms with Crippen LogP contribution in [0.4, 0.5) is 24.0 Å². The first-order chi connectivity index (χ1) is 40.6. The van der Waals surface area contributed by atoms with Gasteiger partial charge < -0.3 is 44.5 Å². The van der Waals surface area contributed by atoms with Crippen LogP contribution in [-0.4, -0.2) is 194 Å². The number of nitrogens with one attached hydrogen (secondary N) is 1. The molecule has 15 atom stereocenters. The van der Waals surface area contributed by atoms with Crippen molar-refractivity contribution >= 4 is 46.6 Å². The van der Waals surface area contributed by atoms with Crippen LogP contribution in [0.3, 0.4) is 0 Å². The minimum Gasteiger partial charge on any atom is -0.480 e. The van der Waals surface area contributed by atoms with Gasteiger partial charge in [-0.25, -0.2) is 28.8 Å². The summed E-state index contributed by atoms with van der Waals surface area (Å²) in [5.41, 5.74) is 10.8. The van der Waals surface area contributed by atoms with E-state index in [1.165, 1.54) is 17.0 Å². The van der Waals surface area contributed by atoms with Gasteiger partial charge in [-0.15, -0.1) is 0 Å². The molecule has 5 aliphatic carbocycles. The number of likely N-dealkylation sites (tertiary alicyclic amines) is 5. The number of carbonyl (C=O) groups excluding carboxylic acids is 5. The molecule has 10 fully saturated rings. The first-order valence-electron chi connectivity index (χ1n) is 31.2. The number of ether oxygens (including phenoxy) is 5. The SMILES string of the molecule is CC(C)(C)OC(=O)N1[C@@H]2C[C@@H]2C[C@H]1C(=O)O.CC(C)(C)OC(=O)N1[C@H](CN)C[C@H]2C[C@H]21.CC(C)(C)OC(=O)N1[C@H](CN=[N+]=N)C[C@H]2C[C@H]21.CC(C)(C)OC(=O)N1[C@H](CO)C[C@H]2C[C@H]21.Cc1ccc(S(=O)(=O)OC[C@@H]2C[C@H]3C[C@H]3N2C(=O)OC(C)(C)C)cc1. The molecule has 5 aliphatic heterocycles. The lowest BCUT2D eigenvalue weighted by Gasteiger charge is -2.30. The van der Waals surface area contributed by atoms with Crippen molar-refractivity contribution in [1.82, 2.24) is 29.4 Å². The molecule has 5 saturated carbocycles. The first-order valence-corrected chi connectivity index (χ1v) is 32.6. The number of nitrogens with two attached hydrogens (primary N) is 1. The molecule has 11 rings (SSSR count). The van der Waals surface area contributed by atoms with Crippen molar-refractivity contribution in [3.63, 3.8) is 0 Å². The Morgan fingerprint density at radius 2 is 0.841 bits per heavy atom. The summed E-state index contributed by atoms with van der Waals surface area (Å²) >= 11 is 0. The van der Waals surface area contributed by atoms with Crippen LogP contribution in [-0.2, 0) is 42.8 Å². The van der Waals surface area contributed by atoms with E-state index in [0.717, 1.165) is 63.4 Å². The number of piperidine rings is 5. The third kappa shape index (κ3) is 18.9. The number of carboxylic acids is 1. The lowest BCUT2D eigenvalue weighted by molar-refractivity contribution is -0.142. The molecule has 0 radical (unpaired) electrons. The number of rotatable bonds is 9. The molecule has 5 heterocycles. The predicted octanol–water partition coefficient (Wildman–Crippen LogP) is 9.22. The van der Waals surface area contributed by atoms with Gasteiger partial charge in [0.1, 0.15) is 51.2 Å². The van der Waals surface area contributed by atoms with Gasteiger partial charge in [-0.3, -0.25) is 23.8 Å². The molecule has 0 unspecified atom stereocenters. The maximum absolute atomic E-state index is 12.4. The molecule has 88 heavy (non-hydrogen) atoms. The highest BCUT2D eigenvalue weighted by Gasteiger charge is 2.59. The average Bonchev–Trinajstić information content (AvgIpc) is 1.68. The van der Waals surface area contributed by atoms with E-state index in [2.05, 4.69) is 10.0 Å². The zero-order valence-electron chi connectivity index (χ0n) is 54.6. The fourth-order valence-electron chi connectivity index (χ4n) is 12.6. The highest BCUT2D eigenvalue weighted by molar-refractivity contribution is 7.86. The van der Waals surface area contributed by atoms with E-state index in [4.69, 9.17) is 44.2 Å². The summed E-state index contributed by atoms with van der Waals surface area (Å²) in [5.74, 6) is 1.77. The smallest absolute Gasteiger partial charge is 0.411 e. The second-order valence-corrected chi connectivity index (χ2v) is 31.9. The van der Waals surface area contributed by atoms with Crippen molar-refractivity contribution in [2.24, 2.45) is 40.4 Å². The number of fused-ring (bicyclic) bond motifs is 5. The summed E-state index contributed by atoms with van der Waals surface area (Å²) in [6.07, 6.45) is 7.84. The van der Waals surface area contributed by atoms with E-state index >= 15 is 0 Å². The Morgan fingerprint density at radius 1 is 0.523 bits per heavy atom. The van der Waals surface area contributed by atoms with E-state index in [9.17, 15) is 42.3 Å². The predicted molar refractivity (Wildman–Crippen MR) is 322 cm³/mol. The van der Waals surface area contributed by atoms with Crippen LogP contribution in [0.2, 0.25) is 0 Å². The van der Waals surface area contributed by atoms with Crippen LogP contribution >= 0.6 is 0 Å². The van der Waals surface area contributed by atoms with E-state index in [1.54, 1.807) is 47.6 Å². The fraction of sp³-hybridized carbons (Fsp3) is 0.806. The number of carboxylic acid groups (broad SMARTS) is 1. The van der Waals surface area contributed by atoms with E-state index < -0.39 is 56.2 Å². The van der Waals surface area contributed by atoms with Crippen LogP contribution in [0.1, 0.15) is 174 Å². The van der Waals surface area contributed by atoms with Crippen LogP contribution in [0.15, 0.2) is 34.3 Å². The molecule has 1 aromatic rings. The highest BCUT2D eigenvalue weighted by atomic mass is 32.2. The summed E-state index contributed by atoms with van der Waals surface area (Å²) in [6, 6.07) is 7.11. The van der Waals surface area contributed by atoms with Gasteiger partial charge in [0.05, 0.1) is 36.2 Å². The number of amides is 5. The molecule has 10 aliphatic rings. The Hall–Kier alpha value is -5.82. The van der Waals surface area contributed by atoms with Gasteiger partial charge in [-0.05, 0) is 217 Å². The standard InChI is InChI=1S/C18H25NO5S.C11H19N4O2.C11H20N2O2.C11H17NO4.C11H19NO3/c1-12-5-7-15(8-6-12)25(21,22)23-11-14-9-13-10-16(13)19(14)17(20)24-18(2,3)4;1-11(2,3)17-10(16)15-8(6-13-14-12)4-7-5-9(7)15;1-11(2,3)15-10(14)13-8(6-12)4-7-5-9(7)13;1-11(2,3)16-10(15)12-7-4-6(7)5-8(12)9(13)14;1-11(2,3)15-10(14)12-8(6-13)4-7-5-9(7)12/h5-8,13-14,16H,9-11H2,1-4H3;7-9,12H,4-6H2,1-3H3;7-9H,4-6,12H2,1-3H3;6-8H,4-5H2,1-3H3,(H,13,14);7-9,13H,4-6H2,1-3H3/q;+1;;;/t13-,14-,16+;2*7-,8-,9+;6-,7-,8+;7-,8-,9+/m00010/s1. The van der Waals surface area contributed by atoms with Gasteiger partial charge in [0, 0.05) is 42.8 Å². The number of aliphatic hydroxyl groups is 1. The Morgan fingerprint density at radius 3 is 1.20 bits per heavy atom. The minimum atomic E-state index is -3.83. The number of nitrogens with zero attached hydrogens (tertiary/aromatic N) is 7. The van der Waals surface area contributed by atoms with Gasteiger partial charge in [0.15, 0.2) is 0 Å². The molecule has 25 nitrogen and oxygen atoms in total. The Kier molecular flexibility index (Phi) is 21.0. The zero-order valence-corrected chi connectivity index (χ0v) is 55.4. The summed E-state index contributed by atoms with van der Waals surface area (Å²) in [4.78, 5) is 82.7. The molecular weight excluding hydrogens is 1160 g/mol. The Bertz CT molecular complexity index is 2800. The van der Waals surface area contributed by atoms with E-state index in [-0.39, 0.29) is 78.7 Å². The molecule has 494 valence electrons. The van der Waals surface area contributed by atoms with Crippen molar-refractivity contribution in [3.8, 4) is 0 Å². The monoisotopic (exact) mass is 1260 g/mol. The van der Waals surface area contributed by atoms with Gasteiger partial charge in [-0.1, -0.05) is 17.7 Å². The van der Waals surface area contributed by atoms with E-state index in [0.29, 0.717) is 67.2 Å². The average molecular weight is 1260 g/mol. The second kappa shape index (κ2) is 26.6. The maximum Gasteiger partial charge on any atom is 0.411 e. The van der Waals surface area contributed by atoms with E-state index in [1.807, 2.05) is 94.9 Å². The number of hydrogen-bond acceptors (Lipinski definition) is 18. The Balaban J connectivity index is 0.000000159. The van der Waals surface area contributed by atoms with Crippen LogP contribution < -0.4 is 10.6 Å². The van der Waals surface area contributed by atoms with Crippen molar-refractivity contribution in [2.75, 3.05) is 26.3 Å². The Labute approximate surface area is 519 Å². The number of aryl methyl sites for hydroxylation is 1. The maximum atomic E-state index is 12.4. The molecule has 0 bridgehead atoms. The normalized spacial score (nSPS) is 30.6. The quantitative estimate of drug-likeness (QED) is 0.0774. The minimum absolute atomic E-state index is 0.0244. The molecule has 0 spiro atoms. The lowest BCUT2D eigenvalue weighted by Crippen LogP contribution is -2.45. The van der Waals surface area contributed by atoms with Crippen LogP contribution in [0.25, 0.3) is 0 Å². The van der Waals surface area contributed by atoms with Gasteiger partial charge >= 0.3 is 36.4 Å². The van der Waals surface area contributed by atoms with Crippen molar-refractivity contribution in [1.29, 1.82) is 5.53 Å². The topological polar surface area (TPSA) is 325 Å². The third-order valence-electron chi connectivity index (χ3n) is 16.8. The van der Waals surface area contributed by atoms with Crippen molar-refractivity contribution in [3.05, 3.63) is 29.8 Å². The number of carbonyl (C=O) groups is 6. The molecule has 5 N–H and O–H groups in total. The fourth-order valence-corrected chi connectivity index (χ4v) is 13.6. The second-order valence-electron chi connectivity index (χ2n) is 30.3. The van der Waals surface area contributed by atoms with Gasteiger partial charge in [0.2, 0.25) is 4.91 Å². The summed E-state index contributed by atoms with van der Waals surface area (Å²) in [5, 5.41) is 21.9. The molecular formula is C62H100N9O16S+. The number of aliphatic carboxylic acids is 1. The summed E-state index contributed by atoms with van der Waals surface area (Å²) in [6.45, 7) is 30.5. The van der Waals surface area contributed by atoms with Crippen molar-refractivity contribution in [2.45, 2.75) is 268 Å². The molecule has 0 aromatic heterocycles.